The zero-order valence-corrected chi connectivity index (χ0v) is 10.2. The summed E-state index contributed by atoms with van der Waals surface area (Å²) in [7, 11) is 0. The van der Waals surface area contributed by atoms with Crippen molar-refractivity contribution in [2.24, 2.45) is 5.41 Å². The maximum atomic E-state index is 11.9. The molecule has 0 aliphatic heterocycles. The minimum atomic E-state index is -0.843. The van der Waals surface area contributed by atoms with Crippen molar-refractivity contribution in [1.29, 1.82) is 0 Å². The van der Waals surface area contributed by atoms with Crippen molar-refractivity contribution < 1.29 is 14.6 Å². The van der Waals surface area contributed by atoms with Gasteiger partial charge in [0.25, 0.3) is 0 Å². The lowest BCUT2D eigenvalue weighted by atomic mass is 9.86. The Bertz CT molecular complexity index is 358. The van der Waals surface area contributed by atoms with Crippen LogP contribution in [0.15, 0.2) is 24.3 Å². The molecule has 1 aromatic rings. The molecule has 88 valence electrons. The van der Waals surface area contributed by atoms with Crippen molar-refractivity contribution in [3.8, 4) is 5.75 Å². The van der Waals surface area contributed by atoms with E-state index in [0.29, 0.717) is 11.3 Å². The van der Waals surface area contributed by atoms with Gasteiger partial charge in [0, 0.05) is 11.0 Å². The molecule has 16 heavy (non-hydrogen) atoms. The van der Waals surface area contributed by atoms with Crippen molar-refractivity contribution in [2.75, 3.05) is 0 Å². The van der Waals surface area contributed by atoms with Gasteiger partial charge in [0.1, 0.15) is 5.75 Å². The molecular formula is C13H18O3. The first kappa shape index (κ1) is 12.7. The van der Waals surface area contributed by atoms with E-state index < -0.39 is 6.29 Å². The predicted molar refractivity (Wildman–Crippen MR) is 62.5 cm³/mol. The summed E-state index contributed by atoms with van der Waals surface area (Å²) in [6.45, 7) is 7.19. The van der Waals surface area contributed by atoms with E-state index >= 15 is 0 Å². The van der Waals surface area contributed by atoms with Gasteiger partial charge in [0.2, 0.25) is 0 Å². The Morgan fingerprint density at radius 2 is 1.75 bits per heavy atom. The molecule has 3 nitrogen and oxygen atoms in total. The Morgan fingerprint density at radius 1 is 1.25 bits per heavy atom. The summed E-state index contributed by atoms with van der Waals surface area (Å²) in [6.07, 6.45) is -0.843. The fraction of sp³-hybridized carbons (Fsp3) is 0.462. The Hall–Kier alpha value is -1.35. The topological polar surface area (TPSA) is 46.5 Å². The van der Waals surface area contributed by atoms with Crippen LogP contribution in [0.3, 0.4) is 0 Å². The quantitative estimate of drug-likeness (QED) is 0.631. The first-order valence-corrected chi connectivity index (χ1v) is 5.30. The normalized spacial score (nSPS) is 13.3. The van der Waals surface area contributed by atoms with Crippen LogP contribution in [0.4, 0.5) is 0 Å². The van der Waals surface area contributed by atoms with Crippen molar-refractivity contribution in [1.82, 2.24) is 0 Å². The second-order valence-electron chi connectivity index (χ2n) is 4.82. The Balaban J connectivity index is 2.83. The van der Waals surface area contributed by atoms with Crippen molar-refractivity contribution in [2.45, 2.75) is 34.0 Å². The van der Waals surface area contributed by atoms with Crippen LogP contribution < -0.4 is 4.74 Å². The van der Waals surface area contributed by atoms with Crippen LogP contribution in [0.5, 0.6) is 5.75 Å². The molecule has 1 unspecified atom stereocenters. The smallest absolute Gasteiger partial charge is 0.194 e. The Labute approximate surface area is 96.1 Å². The van der Waals surface area contributed by atoms with E-state index in [9.17, 15) is 4.79 Å². The first-order valence-electron chi connectivity index (χ1n) is 5.30. The van der Waals surface area contributed by atoms with Crippen LogP contribution in [0, 0.1) is 5.41 Å². The molecule has 0 aromatic heterocycles. The lowest BCUT2D eigenvalue weighted by Gasteiger charge is -2.17. The highest BCUT2D eigenvalue weighted by Gasteiger charge is 2.22. The molecule has 0 bridgehead atoms. The molecular weight excluding hydrogens is 204 g/mol. The minimum Gasteiger partial charge on any atom is -0.465 e. The van der Waals surface area contributed by atoms with Gasteiger partial charge >= 0.3 is 0 Å². The molecule has 0 radical (unpaired) electrons. The van der Waals surface area contributed by atoms with E-state index in [4.69, 9.17) is 9.84 Å². The van der Waals surface area contributed by atoms with E-state index in [1.807, 2.05) is 20.8 Å². The zero-order valence-electron chi connectivity index (χ0n) is 10.2. The number of ketones is 1. The van der Waals surface area contributed by atoms with Gasteiger partial charge in [-0.1, -0.05) is 20.8 Å². The number of aliphatic hydroxyl groups is 1. The largest absolute Gasteiger partial charge is 0.465 e. The number of rotatable bonds is 3. The van der Waals surface area contributed by atoms with Gasteiger partial charge in [-0.05, 0) is 31.2 Å². The summed E-state index contributed by atoms with van der Waals surface area (Å²) >= 11 is 0. The average molecular weight is 222 g/mol. The van der Waals surface area contributed by atoms with E-state index in [1.165, 1.54) is 6.92 Å². The van der Waals surface area contributed by atoms with Crippen LogP contribution >= 0.6 is 0 Å². The number of benzene rings is 1. The highest BCUT2D eigenvalue weighted by atomic mass is 16.6. The lowest BCUT2D eigenvalue weighted by molar-refractivity contribution is -0.000293. The molecule has 1 aromatic carbocycles. The van der Waals surface area contributed by atoms with Gasteiger partial charge in [-0.3, -0.25) is 4.79 Å². The van der Waals surface area contributed by atoms with E-state index in [-0.39, 0.29) is 11.2 Å². The molecule has 1 rings (SSSR count). The molecule has 3 heteroatoms. The van der Waals surface area contributed by atoms with Crippen molar-refractivity contribution in [3.05, 3.63) is 29.8 Å². The summed E-state index contributed by atoms with van der Waals surface area (Å²) in [5, 5.41) is 9.02. The Kier molecular flexibility index (Phi) is 3.70. The number of hydrogen-bond acceptors (Lipinski definition) is 3. The number of ether oxygens (including phenoxy) is 1. The molecule has 0 spiro atoms. The third-order valence-corrected chi connectivity index (χ3v) is 2.10. The SMILES string of the molecule is CC(O)Oc1ccc(C(=O)C(C)(C)C)cc1. The van der Waals surface area contributed by atoms with E-state index in [2.05, 4.69) is 0 Å². The van der Waals surface area contributed by atoms with Crippen molar-refractivity contribution in [3.63, 3.8) is 0 Å². The number of carbonyl (C=O) groups is 1. The molecule has 1 atom stereocenters. The van der Waals surface area contributed by atoms with Crippen molar-refractivity contribution >= 4 is 5.78 Å². The third kappa shape index (κ3) is 3.35. The second kappa shape index (κ2) is 4.66. The summed E-state index contributed by atoms with van der Waals surface area (Å²) < 4.78 is 5.08. The predicted octanol–water partition coefficient (Wildman–Crippen LogP) is 2.63. The molecule has 0 fully saturated rings. The van der Waals surface area contributed by atoms with Gasteiger partial charge in [0.05, 0.1) is 0 Å². The van der Waals surface area contributed by atoms with Gasteiger partial charge in [-0.15, -0.1) is 0 Å². The maximum Gasteiger partial charge on any atom is 0.194 e. The monoisotopic (exact) mass is 222 g/mol. The number of aliphatic hydroxyl groups excluding tert-OH is 1. The second-order valence-corrected chi connectivity index (χ2v) is 4.82. The maximum absolute atomic E-state index is 11.9. The van der Waals surface area contributed by atoms with Gasteiger partial charge in [-0.2, -0.15) is 0 Å². The molecule has 0 aliphatic carbocycles. The van der Waals surface area contributed by atoms with E-state index in [0.717, 1.165) is 0 Å². The number of Topliss-reactive ketones (excluding diaryl/α,β-unsaturated/α-hetero) is 1. The third-order valence-electron chi connectivity index (χ3n) is 2.10. The summed E-state index contributed by atoms with van der Waals surface area (Å²) in [4.78, 5) is 11.9. The average Bonchev–Trinajstić information content (AvgIpc) is 2.15. The van der Waals surface area contributed by atoms with Crippen LogP contribution in [0.2, 0.25) is 0 Å². The first-order chi connectivity index (χ1) is 7.30. The number of hydrogen-bond donors (Lipinski definition) is 1. The number of carbonyl (C=O) groups excluding carboxylic acids is 1. The Morgan fingerprint density at radius 3 is 2.12 bits per heavy atom. The van der Waals surface area contributed by atoms with Gasteiger partial charge < -0.3 is 9.84 Å². The molecule has 1 N–H and O–H groups in total. The molecule has 0 saturated carbocycles. The summed E-state index contributed by atoms with van der Waals surface area (Å²) in [6, 6.07) is 6.80. The zero-order chi connectivity index (χ0) is 12.3. The van der Waals surface area contributed by atoms with Gasteiger partial charge in [-0.25, -0.2) is 0 Å². The highest BCUT2D eigenvalue weighted by molar-refractivity contribution is 5.99. The fourth-order valence-electron chi connectivity index (χ4n) is 1.31. The van der Waals surface area contributed by atoms with Gasteiger partial charge in [0.15, 0.2) is 12.1 Å². The van der Waals surface area contributed by atoms with E-state index in [1.54, 1.807) is 24.3 Å². The molecule has 0 aliphatic rings. The molecule has 0 heterocycles. The lowest BCUT2D eigenvalue weighted by Crippen LogP contribution is -2.20. The molecule has 0 saturated heterocycles. The summed E-state index contributed by atoms with van der Waals surface area (Å²) in [5.41, 5.74) is 0.276. The fourth-order valence-corrected chi connectivity index (χ4v) is 1.31. The highest BCUT2D eigenvalue weighted by Crippen LogP contribution is 2.22. The standard InChI is InChI=1S/C13H18O3/c1-9(14)16-11-7-5-10(6-8-11)12(15)13(2,3)4/h5-9,14H,1-4H3. The molecule has 0 amide bonds. The van der Waals surface area contributed by atoms with Crippen LogP contribution in [-0.2, 0) is 0 Å². The minimum absolute atomic E-state index is 0.0936. The van der Waals surface area contributed by atoms with Crippen LogP contribution in [0.1, 0.15) is 38.1 Å². The van der Waals surface area contributed by atoms with Crippen LogP contribution in [-0.4, -0.2) is 17.2 Å². The van der Waals surface area contributed by atoms with Crippen LogP contribution in [0.25, 0.3) is 0 Å². The summed E-state index contributed by atoms with van der Waals surface area (Å²) in [5.74, 6) is 0.650.